The summed E-state index contributed by atoms with van der Waals surface area (Å²) >= 11 is 0. The second-order valence-corrected chi connectivity index (χ2v) is 10.3. The maximum atomic E-state index is 12.8. The topological polar surface area (TPSA) is 75.7 Å². The third-order valence-corrected chi connectivity index (χ3v) is 7.99. The normalized spacial score (nSPS) is 18.1. The monoisotopic (exact) mass is 442 g/mol. The summed E-state index contributed by atoms with van der Waals surface area (Å²) in [5, 5.41) is 2.81. The van der Waals surface area contributed by atoms with Crippen molar-refractivity contribution in [3.8, 4) is 5.75 Å². The highest BCUT2D eigenvalue weighted by Gasteiger charge is 2.26. The Hall–Kier alpha value is -2.38. The molecule has 166 valence electrons. The van der Waals surface area contributed by atoms with E-state index in [1.165, 1.54) is 24.0 Å². The molecule has 1 atom stereocenters. The van der Waals surface area contributed by atoms with Crippen molar-refractivity contribution in [2.24, 2.45) is 0 Å². The Balaban J connectivity index is 1.37. The number of hydrogen-bond donors (Lipinski definition) is 1. The van der Waals surface area contributed by atoms with Crippen molar-refractivity contribution in [3.05, 3.63) is 53.6 Å². The summed E-state index contributed by atoms with van der Waals surface area (Å²) in [7, 11) is -3.48. The highest BCUT2D eigenvalue weighted by atomic mass is 32.2. The Kier molecular flexibility index (Phi) is 6.62. The van der Waals surface area contributed by atoms with E-state index in [9.17, 15) is 13.2 Å². The molecule has 2 aliphatic rings. The molecular formula is C24H30N2O4S. The third kappa shape index (κ3) is 5.10. The average Bonchev–Trinajstić information content (AvgIpc) is 2.80. The van der Waals surface area contributed by atoms with Gasteiger partial charge in [0.05, 0.1) is 4.90 Å². The molecule has 1 saturated heterocycles. The molecule has 0 spiro atoms. The zero-order chi connectivity index (χ0) is 21.8. The van der Waals surface area contributed by atoms with Gasteiger partial charge >= 0.3 is 0 Å². The third-order valence-electron chi connectivity index (χ3n) is 6.08. The van der Waals surface area contributed by atoms with Gasteiger partial charge in [0.2, 0.25) is 10.0 Å². The lowest BCUT2D eigenvalue weighted by molar-refractivity contribution is -0.122. The number of carbonyl (C=O) groups is 1. The maximum Gasteiger partial charge on any atom is 0.265 e. The lowest BCUT2D eigenvalue weighted by Crippen LogP contribution is -2.35. The van der Waals surface area contributed by atoms with Gasteiger partial charge in [-0.15, -0.1) is 0 Å². The van der Waals surface area contributed by atoms with Crippen molar-refractivity contribution in [1.29, 1.82) is 0 Å². The summed E-state index contributed by atoms with van der Waals surface area (Å²) in [5.74, 6) is 0.427. The minimum Gasteiger partial charge on any atom is -0.481 e. The highest BCUT2D eigenvalue weighted by Crippen LogP contribution is 2.26. The van der Waals surface area contributed by atoms with Gasteiger partial charge in [0.15, 0.2) is 6.10 Å². The van der Waals surface area contributed by atoms with Crippen molar-refractivity contribution < 1.29 is 17.9 Å². The number of benzene rings is 2. The van der Waals surface area contributed by atoms with Gasteiger partial charge in [0, 0.05) is 18.8 Å². The molecule has 0 aromatic heterocycles. The van der Waals surface area contributed by atoms with Crippen molar-refractivity contribution in [1.82, 2.24) is 4.31 Å². The number of nitrogens with one attached hydrogen (secondary N) is 1. The molecule has 0 saturated carbocycles. The van der Waals surface area contributed by atoms with Crippen LogP contribution in [0.15, 0.2) is 47.4 Å². The first kappa shape index (κ1) is 21.8. The molecular weight excluding hydrogens is 412 g/mol. The number of hydrogen-bond acceptors (Lipinski definition) is 4. The smallest absolute Gasteiger partial charge is 0.265 e. The summed E-state index contributed by atoms with van der Waals surface area (Å²) in [6.45, 7) is 2.85. The molecule has 0 unspecified atom stereocenters. The van der Waals surface area contributed by atoms with Gasteiger partial charge in [-0.2, -0.15) is 4.31 Å². The zero-order valence-corrected chi connectivity index (χ0v) is 18.8. The van der Waals surface area contributed by atoms with Crippen LogP contribution in [0.2, 0.25) is 0 Å². The van der Waals surface area contributed by atoms with Crippen molar-refractivity contribution in [2.45, 2.75) is 62.9 Å². The predicted octanol–water partition coefficient (Wildman–Crippen LogP) is 4.15. The number of fused-ring (bicyclic) bond motifs is 1. The SMILES string of the molecule is C[C@@H](Oc1ccc2c(c1)CCCC2)C(=O)Nc1ccc(S(=O)(=O)N2CCCCC2)cc1. The van der Waals surface area contributed by atoms with Crippen LogP contribution in [0.25, 0.3) is 0 Å². The van der Waals surface area contributed by atoms with Crippen LogP contribution in [0.3, 0.4) is 0 Å². The number of carbonyl (C=O) groups excluding carboxylic acids is 1. The summed E-state index contributed by atoms with van der Waals surface area (Å²) in [5.41, 5.74) is 3.22. The minimum absolute atomic E-state index is 0.255. The van der Waals surface area contributed by atoms with Gasteiger partial charge < -0.3 is 10.1 Å². The number of nitrogens with zero attached hydrogens (tertiary/aromatic N) is 1. The van der Waals surface area contributed by atoms with Crippen LogP contribution in [-0.4, -0.2) is 37.8 Å². The number of amides is 1. The highest BCUT2D eigenvalue weighted by molar-refractivity contribution is 7.89. The number of piperidine rings is 1. The van der Waals surface area contributed by atoms with Crippen LogP contribution in [0, 0.1) is 0 Å². The van der Waals surface area contributed by atoms with Crippen LogP contribution in [0.5, 0.6) is 5.75 Å². The second kappa shape index (κ2) is 9.40. The molecule has 4 rings (SSSR count). The van der Waals surface area contributed by atoms with Gasteiger partial charge in [-0.3, -0.25) is 4.79 Å². The second-order valence-electron chi connectivity index (χ2n) is 8.38. The van der Waals surface area contributed by atoms with E-state index in [0.717, 1.165) is 32.1 Å². The van der Waals surface area contributed by atoms with E-state index in [-0.39, 0.29) is 10.8 Å². The Bertz CT molecular complexity index is 1030. The van der Waals surface area contributed by atoms with E-state index >= 15 is 0 Å². The van der Waals surface area contributed by atoms with E-state index in [4.69, 9.17) is 4.74 Å². The van der Waals surface area contributed by atoms with Gasteiger partial charge in [-0.25, -0.2) is 8.42 Å². The first-order valence-corrected chi connectivity index (χ1v) is 12.6. The van der Waals surface area contributed by atoms with Crippen LogP contribution in [-0.2, 0) is 27.7 Å². The van der Waals surface area contributed by atoms with Crippen LogP contribution in [0.1, 0.15) is 50.2 Å². The summed E-state index contributed by atoms with van der Waals surface area (Å²) in [6, 6.07) is 12.4. The van der Waals surface area contributed by atoms with Gasteiger partial charge in [-0.1, -0.05) is 12.5 Å². The molecule has 1 aliphatic heterocycles. The molecule has 31 heavy (non-hydrogen) atoms. The Morgan fingerprint density at radius 3 is 2.32 bits per heavy atom. The molecule has 1 amide bonds. The number of sulfonamides is 1. The first-order chi connectivity index (χ1) is 14.9. The lowest BCUT2D eigenvalue weighted by atomic mass is 9.92. The fourth-order valence-corrected chi connectivity index (χ4v) is 5.77. The Labute approximate surface area is 184 Å². The van der Waals surface area contributed by atoms with Crippen molar-refractivity contribution >= 4 is 21.6 Å². The minimum atomic E-state index is -3.48. The Morgan fingerprint density at radius 2 is 1.61 bits per heavy atom. The molecule has 1 N–H and O–H groups in total. The summed E-state index contributed by atoms with van der Waals surface area (Å²) < 4.78 is 32.9. The summed E-state index contributed by atoms with van der Waals surface area (Å²) in [4.78, 5) is 12.8. The van der Waals surface area contributed by atoms with E-state index in [1.807, 2.05) is 12.1 Å². The molecule has 2 aromatic rings. The molecule has 2 aromatic carbocycles. The average molecular weight is 443 g/mol. The van der Waals surface area contributed by atoms with E-state index < -0.39 is 16.1 Å². The largest absolute Gasteiger partial charge is 0.481 e. The lowest BCUT2D eigenvalue weighted by Gasteiger charge is -2.25. The fourth-order valence-electron chi connectivity index (χ4n) is 4.25. The number of ether oxygens (including phenoxy) is 1. The van der Waals surface area contributed by atoms with E-state index in [0.29, 0.717) is 24.5 Å². The molecule has 7 heteroatoms. The van der Waals surface area contributed by atoms with Crippen molar-refractivity contribution in [2.75, 3.05) is 18.4 Å². The first-order valence-electron chi connectivity index (χ1n) is 11.1. The van der Waals surface area contributed by atoms with Crippen LogP contribution >= 0.6 is 0 Å². The standard InChI is InChI=1S/C24H30N2O4S/c1-18(30-22-12-9-19-7-3-4-8-20(19)17-22)24(27)25-21-10-13-23(14-11-21)31(28,29)26-15-5-2-6-16-26/h9-14,17-18H,2-8,15-16H2,1H3,(H,25,27)/t18-/m1/s1. The molecule has 1 heterocycles. The van der Waals surface area contributed by atoms with E-state index in [2.05, 4.69) is 11.4 Å². The fraction of sp³-hybridized carbons (Fsp3) is 0.458. The van der Waals surface area contributed by atoms with Crippen molar-refractivity contribution in [3.63, 3.8) is 0 Å². The molecule has 0 radical (unpaired) electrons. The van der Waals surface area contributed by atoms with Gasteiger partial charge in [0.1, 0.15) is 5.75 Å². The van der Waals surface area contributed by atoms with Gasteiger partial charge in [-0.05, 0) is 93.0 Å². The van der Waals surface area contributed by atoms with Crippen LogP contribution < -0.4 is 10.1 Å². The summed E-state index contributed by atoms with van der Waals surface area (Å²) in [6.07, 6.45) is 6.78. The number of rotatable bonds is 6. The predicted molar refractivity (Wildman–Crippen MR) is 121 cm³/mol. The number of aryl methyl sites for hydroxylation is 2. The Morgan fingerprint density at radius 1 is 0.935 bits per heavy atom. The molecule has 0 bridgehead atoms. The van der Waals surface area contributed by atoms with Crippen LogP contribution in [0.4, 0.5) is 5.69 Å². The molecule has 1 fully saturated rings. The molecule has 6 nitrogen and oxygen atoms in total. The number of anilines is 1. The maximum absolute atomic E-state index is 12.8. The quantitative estimate of drug-likeness (QED) is 0.729. The van der Waals surface area contributed by atoms with E-state index in [1.54, 1.807) is 35.5 Å². The zero-order valence-electron chi connectivity index (χ0n) is 18.0. The van der Waals surface area contributed by atoms with Gasteiger partial charge in [0.25, 0.3) is 5.91 Å². The molecule has 1 aliphatic carbocycles.